The van der Waals surface area contributed by atoms with Crippen LogP contribution in [0.3, 0.4) is 0 Å². The molecule has 198 valence electrons. The average molecular weight is 547 g/mol. The first-order chi connectivity index (χ1) is 17.1. The van der Waals surface area contributed by atoms with E-state index in [4.69, 9.17) is 8.85 Å². The Labute approximate surface area is 230 Å². The Balaban J connectivity index is 1.53. The molecular formula is C32H46O2Si3. The zero-order valence-electron chi connectivity index (χ0n) is 24.7. The molecule has 0 heterocycles. The normalized spacial score (nSPS) is 19.7. The van der Waals surface area contributed by atoms with Crippen molar-refractivity contribution in [3.05, 3.63) is 82.3 Å². The molecule has 5 heteroatoms. The van der Waals surface area contributed by atoms with Crippen molar-refractivity contribution in [2.45, 2.75) is 102 Å². The summed E-state index contributed by atoms with van der Waals surface area (Å²) in [6.07, 6.45) is 4.64. The number of fused-ring (bicyclic) bond motifs is 2. The molecule has 2 unspecified atom stereocenters. The van der Waals surface area contributed by atoms with Gasteiger partial charge >= 0.3 is 0 Å². The Morgan fingerprint density at radius 2 is 0.973 bits per heavy atom. The second kappa shape index (κ2) is 10.0. The summed E-state index contributed by atoms with van der Waals surface area (Å²) in [6.45, 7) is 23.4. The third-order valence-corrected chi connectivity index (χ3v) is 19.2. The van der Waals surface area contributed by atoms with Crippen LogP contribution in [0.25, 0.3) is 12.2 Å². The lowest BCUT2D eigenvalue weighted by Crippen LogP contribution is -2.41. The van der Waals surface area contributed by atoms with Crippen molar-refractivity contribution in [3.63, 3.8) is 0 Å². The van der Waals surface area contributed by atoms with Gasteiger partial charge in [-0.25, -0.2) is 0 Å². The van der Waals surface area contributed by atoms with Crippen molar-refractivity contribution in [2.24, 2.45) is 0 Å². The molecule has 2 radical (unpaired) electrons. The van der Waals surface area contributed by atoms with Crippen LogP contribution in [0, 0.1) is 0 Å². The molecular weight excluding hydrogens is 501 g/mol. The van der Waals surface area contributed by atoms with Crippen molar-refractivity contribution in [1.29, 1.82) is 0 Å². The SMILES string of the molecule is CC(C)(C)[Si](C)(C)OC1=Cc2ccccc2C1C[Si]CC1C(O[Si](C)(C)C(C)(C)C)=Cc2ccccc21. The van der Waals surface area contributed by atoms with Gasteiger partial charge in [-0.3, -0.25) is 0 Å². The predicted molar refractivity (Wildman–Crippen MR) is 166 cm³/mol. The maximum absolute atomic E-state index is 6.94. The van der Waals surface area contributed by atoms with Crippen molar-refractivity contribution in [1.82, 2.24) is 0 Å². The third kappa shape index (κ3) is 5.79. The number of hydrogen-bond donors (Lipinski definition) is 0. The first-order valence-electron chi connectivity index (χ1n) is 13.8. The summed E-state index contributed by atoms with van der Waals surface area (Å²) in [6, 6.07) is 20.0. The third-order valence-electron chi connectivity index (χ3n) is 9.08. The zero-order valence-corrected chi connectivity index (χ0v) is 27.7. The number of hydrogen-bond acceptors (Lipinski definition) is 2. The molecule has 2 nitrogen and oxygen atoms in total. The van der Waals surface area contributed by atoms with Gasteiger partial charge in [0.2, 0.25) is 16.6 Å². The van der Waals surface area contributed by atoms with Gasteiger partial charge in [-0.05, 0) is 82.8 Å². The van der Waals surface area contributed by atoms with Gasteiger partial charge in [-0.15, -0.1) is 0 Å². The maximum atomic E-state index is 6.94. The Morgan fingerprint density at radius 3 is 1.32 bits per heavy atom. The van der Waals surface area contributed by atoms with Gasteiger partial charge in [0.15, 0.2) is 0 Å². The largest absolute Gasteiger partial charge is 0.546 e. The van der Waals surface area contributed by atoms with E-state index in [-0.39, 0.29) is 10.1 Å². The summed E-state index contributed by atoms with van der Waals surface area (Å²) >= 11 is 0. The molecule has 0 aromatic heterocycles. The molecule has 2 aromatic carbocycles. The summed E-state index contributed by atoms with van der Waals surface area (Å²) in [7, 11) is -2.99. The summed E-state index contributed by atoms with van der Waals surface area (Å²) in [4.78, 5) is 0. The lowest BCUT2D eigenvalue weighted by molar-refractivity contribution is 0.361. The van der Waals surface area contributed by atoms with E-state index < -0.39 is 16.6 Å². The highest BCUT2D eigenvalue weighted by molar-refractivity contribution is 6.74. The van der Waals surface area contributed by atoms with E-state index in [0.717, 1.165) is 21.6 Å². The molecule has 0 spiro atoms. The second-order valence-corrected chi connectivity index (χ2v) is 24.6. The topological polar surface area (TPSA) is 18.5 Å². The zero-order chi connectivity index (χ0) is 27.2. The van der Waals surface area contributed by atoms with Crippen LogP contribution in [0.2, 0.25) is 48.4 Å². The molecule has 0 fully saturated rings. The van der Waals surface area contributed by atoms with E-state index in [9.17, 15) is 0 Å². The Bertz CT molecular complexity index is 1100. The molecule has 0 amide bonds. The highest BCUT2D eigenvalue weighted by Crippen LogP contribution is 2.48. The van der Waals surface area contributed by atoms with Crippen LogP contribution in [0.5, 0.6) is 0 Å². The Kier molecular flexibility index (Phi) is 7.65. The monoisotopic (exact) mass is 546 g/mol. The summed E-state index contributed by atoms with van der Waals surface area (Å²) in [5, 5.41) is 0.369. The van der Waals surface area contributed by atoms with Crippen molar-refractivity contribution >= 4 is 38.3 Å². The van der Waals surface area contributed by atoms with Crippen molar-refractivity contribution in [2.75, 3.05) is 0 Å². The molecule has 4 rings (SSSR count). The van der Waals surface area contributed by atoms with Crippen LogP contribution in [-0.2, 0) is 8.85 Å². The average Bonchev–Trinajstić information content (AvgIpc) is 3.29. The summed E-state index contributed by atoms with van der Waals surface area (Å²) in [5.41, 5.74) is 5.53. The first kappa shape index (κ1) is 28.2. The summed E-state index contributed by atoms with van der Waals surface area (Å²) in [5.74, 6) is 3.10. The molecule has 0 aliphatic heterocycles. The molecule has 0 bridgehead atoms. The molecule has 0 N–H and O–H groups in total. The van der Waals surface area contributed by atoms with E-state index in [2.05, 4.69) is 128 Å². The highest BCUT2D eigenvalue weighted by Gasteiger charge is 2.43. The van der Waals surface area contributed by atoms with E-state index in [0.29, 0.717) is 11.8 Å². The van der Waals surface area contributed by atoms with Gasteiger partial charge in [-0.2, -0.15) is 0 Å². The van der Waals surface area contributed by atoms with Gasteiger partial charge in [0.1, 0.15) is 0 Å². The maximum Gasteiger partial charge on any atom is 0.250 e. The lowest BCUT2D eigenvalue weighted by Gasteiger charge is -2.38. The molecule has 0 saturated heterocycles. The van der Waals surface area contributed by atoms with Crippen LogP contribution >= 0.6 is 0 Å². The molecule has 2 atom stereocenters. The van der Waals surface area contributed by atoms with Crippen LogP contribution in [0.1, 0.15) is 75.6 Å². The standard InChI is InChI=1S/C32H46O2Si3/c1-31(2,3)36(7,8)33-29-19-23-15-11-13-17-25(23)27(29)21-35-22-28-26-18-14-12-16-24(26)20-30(28)34-37(9,10)32(4,5)6/h11-20,27-28H,21-22H2,1-10H3. The molecule has 2 aromatic rings. The van der Waals surface area contributed by atoms with E-state index >= 15 is 0 Å². The quantitative estimate of drug-likeness (QED) is 0.307. The molecule has 2 aliphatic carbocycles. The molecule has 37 heavy (non-hydrogen) atoms. The second-order valence-electron chi connectivity index (χ2n) is 13.8. The fourth-order valence-electron chi connectivity index (χ4n) is 4.62. The molecule has 0 saturated carbocycles. The van der Waals surface area contributed by atoms with Gasteiger partial charge in [-0.1, -0.05) is 90.1 Å². The minimum Gasteiger partial charge on any atom is -0.546 e. The summed E-state index contributed by atoms with van der Waals surface area (Å²) < 4.78 is 13.9. The number of rotatable bonds is 8. The fourth-order valence-corrected chi connectivity index (χ4v) is 8.40. The lowest BCUT2D eigenvalue weighted by atomic mass is 10.0. The van der Waals surface area contributed by atoms with Crippen molar-refractivity contribution in [3.8, 4) is 0 Å². The van der Waals surface area contributed by atoms with Crippen LogP contribution in [0.4, 0.5) is 0 Å². The van der Waals surface area contributed by atoms with Crippen LogP contribution in [-0.4, -0.2) is 26.2 Å². The van der Waals surface area contributed by atoms with Crippen LogP contribution < -0.4 is 0 Å². The number of allylic oxidation sites excluding steroid dienone is 2. The smallest absolute Gasteiger partial charge is 0.250 e. The van der Waals surface area contributed by atoms with Gasteiger partial charge < -0.3 is 8.85 Å². The first-order valence-corrected chi connectivity index (χ1v) is 21.0. The van der Waals surface area contributed by atoms with Crippen LogP contribution in [0.15, 0.2) is 60.0 Å². The highest BCUT2D eigenvalue weighted by atomic mass is 28.4. The Morgan fingerprint density at radius 1 is 0.622 bits per heavy atom. The molecule has 2 aliphatic rings. The van der Waals surface area contributed by atoms with Crippen molar-refractivity contribution < 1.29 is 8.85 Å². The van der Waals surface area contributed by atoms with E-state index in [1.165, 1.54) is 33.8 Å². The predicted octanol–water partition coefficient (Wildman–Crippen LogP) is 9.85. The minimum atomic E-state index is -1.91. The minimum absolute atomic E-state index is 0.184. The van der Waals surface area contributed by atoms with E-state index in [1.807, 2.05) is 0 Å². The number of benzene rings is 2. The Hall–Kier alpha value is -1.83. The van der Waals surface area contributed by atoms with E-state index in [1.54, 1.807) is 0 Å². The fraction of sp³-hybridized carbons (Fsp3) is 0.500. The van der Waals surface area contributed by atoms with Gasteiger partial charge in [0.05, 0.1) is 11.5 Å². The van der Waals surface area contributed by atoms with Gasteiger partial charge in [0.25, 0.3) is 0 Å². The van der Waals surface area contributed by atoms with Gasteiger partial charge in [0, 0.05) is 21.4 Å².